The van der Waals surface area contributed by atoms with Crippen molar-refractivity contribution >= 4 is 28.9 Å². The van der Waals surface area contributed by atoms with Gasteiger partial charge in [-0.25, -0.2) is 0 Å². The first-order valence-corrected chi connectivity index (χ1v) is 6.97. The molecule has 3 N–H and O–H groups in total. The van der Waals surface area contributed by atoms with Crippen LogP contribution < -0.4 is 15.8 Å². The van der Waals surface area contributed by atoms with Gasteiger partial charge in [-0.2, -0.15) is 0 Å². The molecule has 0 unspecified atom stereocenters. The predicted molar refractivity (Wildman–Crippen MR) is 85.8 cm³/mol. The second-order valence-electron chi connectivity index (χ2n) is 4.64. The number of benzene rings is 2. The molecule has 4 nitrogen and oxygen atoms in total. The van der Waals surface area contributed by atoms with Gasteiger partial charge in [0, 0.05) is 5.02 Å². The molecule has 5 heteroatoms. The van der Waals surface area contributed by atoms with Crippen LogP contribution in [0.1, 0.15) is 12.0 Å². The van der Waals surface area contributed by atoms with Crippen LogP contribution in [0, 0.1) is 6.92 Å². The Morgan fingerprint density at radius 3 is 2.76 bits per heavy atom. The third kappa shape index (κ3) is 4.39. The molecule has 0 saturated carbocycles. The molecule has 0 bridgehead atoms. The molecule has 0 saturated heterocycles. The first-order valence-electron chi connectivity index (χ1n) is 6.59. The summed E-state index contributed by atoms with van der Waals surface area (Å²) in [5, 5.41) is 3.27. The Kier molecular flexibility index (Phi) is 5.06. The molecule has 0 fully saturated rings. The SMILES string of the molecule is Cc1ccccc1OCCC(=O)Nc1ccc(Cl)cc1N. The summed E-state index contributed by atoms with van der Waals surface area (Å²) in [6.07, 6.45) is 0.246. The summed E-state index contributed by atoms with van der Waals surface area (Å²) in [4.78, 5) is 11.8. The number of carbonyl (C=O) groups is 1. The van der Waals surface area contributed by atoms with Crippen molar-refractivity contribution in [3.8, 4) is 5.75 Å². The summed E-state index contributed by atoms with van der Waals surface area (Å²) in [5.41, 5.74) is 7.82. The molecule has 0 aromatic heterocycles. The predicted octanol–water partition coefficient (Wildman–Crippen LogP) is 3.64. The van der Waals surface area contributed by atoms with E-state index in [-0.39, 0.29) is 12.3 Å². The van der Waals surface area contributed by atoms with Crippen LogP contribution in [0.15, 0.2) is 42.5 Å². The fraction of sp³-hybridized carbons (Fsp3) is 0.188. The molecule has 110 valence electrons. The summed E-state index contributed by atoms with van der Waals surface area (Å²) in [5.74, 6) is 0.633. The van der Waals surface area contributed by atoms with Gasteiger partial charge in [-0.05, 0) is 36.8 Å². The van der Waals surface area contributed by atoms with Crippen LogP contribution in [0.2, 0.25) is 5.02 Å². The molecule has 0 atom stereocenters. The Morgan fingerprint density at radius 2 is 2.05 bits per heavy atom. The molecule has 0 radical (unpaired) electrons. The number of nitrogens with two attached hydrogens (primary N) is 1. The van der Waals surface area contributed by atoms with Crippen molar-refractivity contribution in [2.24, 2.45) is 0 Å². The van der Waals surface area contributed by atoms with E-state index in [9.17, 15) is 4.79 Å². The van der Waals surface area contributed by atoms with Crippen LogP contribution in [0.25, 0.3) is 0 Å². The standard InChI is InChI=1S/C16H17ClN2O2/c1-11-4-2-3-5-15(11)21-9-8-16(20)19-14-7-6-12(17)10-13(14)18/h2-7,10H,8-9,18H2,1H3,(H,19,20). The molecule has 0 aliphatic heterocycles. The molecule has 21 heavy (non-hydrogen) atoms. The summed E-state index contributed by atoms with van der Waals surface area (Å²) in [7, 11) is 0. The number of halogens is 1. The number of ether oxygens (including phenoxy) is 1. The van der Waals surface area contributed by atoms with Gasteiger partial charge in [0.25, 0.3) is 0 Å². The van der Waals surface area contributed by atoms with Gasteiger partial charge in [0.1, 0.15) is 5.75 Å². The number of hydrogen-bond acceptors (Lipinski definition) is 3. The highest BCUT2D eigenvalue weighted by Gasteiger charge is 2.06. The lowest BCUT2D eigenvalue weighted by atomic mass is 10.2. The van der Waals surface area contributed by atoms with E-state index in [1.807, 2.05) is 31.2 Å². The third-order valence-electron chi connectivity index (χ3n) is 2.97. The minimum atomic E-state index is -0.155. The minimum absolute atomic E-state index is 0.155. The van der Waals surface area contributed by atoms with Crippen molar-refractivity contribution in [1.82, 2.24) is 0 Å². The normalized spacial score (nSPS) is 10.2. The lowest BCUT2D eigenvalue weighted by Crippen LogP contribution is -2.16. The maximum Gasteiger partial charge on any atom is 0.227 e. The number of rotatable bonds is 5. The first kappa shape index (κ1) is 15.2. The van der Waals surface area contributed by atoms with Gasteiger partial charge in [-0.1, -0.05) is 29.8 Å². The van der Waals surface area contributed by atoms with Crippen LogP contribution in [0.5, 0.6) is 5.75 Å². The molecule has 2 rings (SSSR count). The van der Waals surface area contributed by atoms with Crippen LogP contribution in [0.4, 0.5) is 11.4 Å². The van der Waals surface area contributed by atoms with Crippen molar-refractivity contribution in [2.75, 3.05) is 17.7 Å². The average Bonchev–Trinajstić information content (AvgIpc) is 2.44. The molecule has 0 spiro atoms. The minimum Gasteiger partial charge on any atom is -0.493 e. The van der Waals surface area contributed by atoms with Gasteiger partial charge in [-0.15, -0.1) is 0 Å². The van der Waals surface area contributed by atoms with Gasteiger partial charge in [0.15, 0.2) is 0 Å². The molecular weight excluding hydrogens is 288 g/mol. The molecule has 1 amide bonds. The van der Waals surface area contributed by atoms with E-state index < -0.39 is 0 Å². The summed E-state index contributed by atoms with van der Waals surface area (Å²) < 4.78 is 5.58. The number of nitrogens with one attached hydrogen (secondary N) is 1. The van der Waals surface area contributed by atoms with E-state index in [2.05, 4.69) is 5.32 Å². The Bertz CT molecular complexity index is 644. The highest BCUT2D eigenvalue weighted by atomic mass is 35.5. The van der Waals surface area contributed by atoms with E-state index in [1.54, 1.807) is 18.2 Å². The lowest BCUT2D eigenvalue weighted by molar-refractivity contribution is -0.116. The highest BCUT2D eigenvalue weighted by molar-refractivity contribution is 6.31. The van der Waals surface area contributed by atoms with Crippen LogP contribution in [-0.4, -0.2) is 12.5 Å². The van der Waals surface area contributed by atoms with Gasteiger partial charge >= 0.3 is 0 Å². The molecule has 0 aliphatic rings. The van der Waals surface area contributed by atoms with E-state index >= 15 is 0 Å². The molecule has 0 heterocycles. The molecule has 0 aliphatic carbocycles. The largest absolute Gasteiger partial charge is 0.493 e. The number of amides is 1. The highest BCUT2D eigenvalue weighted by Crippen LogP contribution is 2.22. The smallest absolute Gasteiger partial charge is 0.227 e. The van der Waals surface area contributed by atoms with Gasteiger partial charge in [-0.3, -0.25) is 4.79 Å². The van der Waals surface area contributed by atoms with Crippen LogP contribution >= 0.6 is 11.6 Å². The number of hydrogen-bond donors (Lipinski definition) is 2. The zero-order valence-corrected chi connectivity index (χ0v) is 12.5. The number of aryl methyl sites for hydroxylation is 1. The van der Waals surface area contributed by atoms with Crippen molar-refractivity contribution < 1.29 is 9.53 Å². The average molecular weight is 305 g/mol. The molecule has 2 aromatic carbocycles. The maximum absolute atomic E-state index is 11.8. The summed E-state index contributed by atoms with van der Waals surface area (Å²) >= 11 is 5.81. The Labute approximate surface area is 128 Å². The number of anilines is 2. The zero-order valence-electron chi connectivity index (χ0n) is 11.7. The molecule has 2 aromatic rings. The second kappa shape index (κ2) is 6.99. The Hall–Kier alpha value is -2.20. The van der Waals surface area contributed by atoms with Crippen molar-refractivity contribution in [2.45, 2.75) is 13.3 Å². The molecular formula is C16H17ClN2O2. The van der Waals surface area contributed by atoms with E-state index in [0.717, 1.165) is 11.3 Å². The second-order valence-corrected chi connectivity index (χ2v) is 5.08. The van der Waals surface area contributed by atoms with E-state index in [0.29, 0.717) is 23.0 Å². The summed E-state index contributed by atoms with van der Waals surface area (Å²) in [6, 6.07) is 12.6. The fourth-order valence-electron chi connectivity index (χ4n) is 1.83. The summed E-state index contributed by atoms with van der Waals surface area (Å²) in [6.45, 7) is 2.27. The van der Waals surface area contributed by atoms with E-state index in [1.165, 1.54) is 0 Å². The number of para-hydroxylation sites is 1. The zero-order chi connectivity index (χ0) is 15.2. The Balaban J connectivity index is 1.84. The van der Waals surface area contributed by atoms with Crippen molar-refractivity contribution in [1.29, 1.82) is 0 Å². The fourth-order valence-corrected chi connectivity index (χ4v) is 2.01. The van der Waals surface area contributed by atoms with Gasteiger partial charge in [0.05, 0.1) is 24.4 Å². The number of carbonyl (C=O) groups excluding carboxylic acids is 1. The topological polar surface area (TPSA) is 64.3 Å². The van der Waals surface area contributed by atoms with Crippen molar-refractivity contribution in [3.05, 3.63) is 53.1 Å². The van der Waals surface area contributed by atoms with E-state index in [4.69, 9.17) is 22.1 Å². The van der Waals surface area contributed by atoms with Crippen LogP contribution in [-0.2, 0) is 4.79 Å². The number of nitrogen functional groups attached to an aromatic ring is 1. The van der Waals surface area contributed by atoms with Gasteiger partial charge < -0.3 is 15.8 Å². The monoisotopic (exact) mass is 304 g/mol. The first-order chi connectivity index (χ1) is 10.1. The maximum atomic E-state index is 11.8. The van der Waals surface area contributed by atoms with Gasteiger partial charge in [0.2, 0.25) is 5.91 Å². The quantitative estimate of drug-likeness (QED) is 0.829. The van der Waals surface area contributed by atoms with Crippen LogP contribution in [0.3, 0.4) is 0 Å². The third-order valence-corrected chi connectivity index (χ3v) is 3.20. The lowest BCUT2D eigenvalue weighted by Gasteiger charge is -2.10. The Morgan fingerprint density at radius 1 is 1.29 bits per heavy atom. The van der Waals surface area contributed by atoms with Crippen molar-refractivity contribution in [3.63, 3.8) is 0 Å².